The van der Waals surface area contributed by atoms with Gasteiger partial charge >= 0.3 is 0 Å². The normalized spacial score (nSPS) is 12.2. The van der Waals surface area contributed by atoms with Crippen molar-refractivity contribution < 1.29 is 0 Å². The number of para-hydroxylation sites is 3. The van der Waals surface area contributed by atoms with Gasteiger partial charge in [0.25, 0.3) is 0 Å². The first-order chi connectivity index (χ1) is 26.3. The third-order valence-corrected chi connectivity index (χ3v) is 11.5. The van der Waals surface area contributed by atoms with Crippen molar-refractivity contribution in [2.24, 2.45) is 0 Å². The highest BCUT2D eigenvalue weighted by Crippen LogP contribution is 2.45. The van der Waals surface area contributed by atoms with Crippen LogP contribution in [0.15, 0.2) is 182 Å². The van der Waals surface area contributed by atoms with Crippen LogP contribution in [0, 0.1) is 0 Å². The molecule has 1 aromatic heterocycles. The monoisotopic (exact) mass is 670 g/mol. The minimum atomic E-state index is 0.943. The summed E-state index contributed by atoms with van der Waals surface area (Å²) in [6, 6.07) is 66.9. The maximum atomic E-state index is 5.26. The van der Waals surface area contributed by atoms with Gasteiger partial charge in [-0.2, -0.15) is 0 Å². The van der Waals surface area contributed by atoms with Crippen LogP contribution in [-0.2, 0) is 0 Å². The maximum Gasteiger partial charge on any atom is 0.146 e. The van der Waals surface area contributed by atoms with Crippen molar-refractivity contribution >= 4 is 86.4 Å². The predicted molar refractivity (Wildman–Crippen MR) is 226 cm³/mol. The van der Waals surface area contributed by atoms with E-state index in [0.29, 0.717) is 0 Å². The molecule has 2 heteroatoms. The van der Waals surface area contributed by atoms with E-state index in [0.717, 1.165) is 28.1 Å². The zero-order chi connectivity index (χ0) is 34.6. The molecule has 0 aliphatic rings. The Morgan fingerprint density at radius 1 is 0.340 bits per heavy atom. The Morgan fingerprint density at radius 3 is 1.53 bits per heavy atom. The lowest BCUT2D eigenvalue weighted by Gasteiger charge is -2.18. The van der Waals surface area contributed by atoms with Crippen LogP contribution in [0.2, 0.25) is 0 Å². The summed E-state index contributed by atoms with van der Waals surface area (Å²) >= 11 is 0. The SMILES string of the molecule is c1ccc(-n2c(-c3ccc(-c4cc5ccc6cccc7c8cccc9ccc%10cccc(c(c4)c5c67)c%10c98)c4ccccc34)nc3ccccc32)cc1. The molecule has 0 fully saturated rings. The van der Waals surface area contributed by atoms with E-state index in [1.807, 2.05) is 0 Å². The summed E-state index contributed by atoms with van der Waals surface area (Å²) in [5, 5.41) is 17.9. The van der Waals surface area contributed by atoms with Gasteiger partial charge in [-0.15, -0.1) is 0 Å². The van der Waals surface area contributed by atoms with Gasteiger partial charge in [-0.05, 0) is 129 Å². The van der Waals surface area contributed by atoms with E-state index in [-0.39, 0.29) is 0 Å². The van der Waals surface area contributed by atoms with Gasteiger partial charge in [0, 0.05) is 11.3 Å². The molecule has 0 aliphatic carbocycles. The van der Waals surface area contributed by atoms with E-state index < -0.39 is 0 Å². The second-order valence-corrected chi connectivity index (χ2v) is 14.3. The summed E-state index contributed by atoms with van der Waals surface area (Å²) in [4.78, 5) is 5.26. The van der Waals surface area contributed by atoms with Crippen molar-refractivity contribution in [2.75, 3.05) is 0 Å². The number of rotatable bonds is 3. The van der Waals surface area contributed by atoms with Crippen LogP contribution in [0.4, 0.5) is 0 Å². The molecule has 2 nitrogen and oxygen atoms in total. The number of benzene rings is 10. The number of fused-ring (bicyclic) bond motifs is 4. The molecule has 11 aromatic carbocycles. The number of aromatic nitrogens is 2. The van der Waals surface area contributed by atoms with Gasteiger partial charge in [-0.25, -0.2) is 4.98 Å². The molecule has 244 valence electrons. The first-order valence-corrected chi connectivity index (χ1v) is 18.3. The topological polar surface area (TPSA) is 17.8 Å². The number of nitrogens with zero attached hydrogens (tertiary/aromatic N) is 2. The Bertz CT molecular complexity index is 3440. The Morgan fingerprint density at radius 2 is 0.849 bits per heavy atom. The minimum absolute atomic E-state index is 0.943. The Labute approximate surface area is 305 Å². The van der Waals surface area contributed by atoms with E-state index in [2.05, 4.69) is 187 Å². The summed E-state index contributed by atoms with van der Waals surface area (Å²) in [5.74, 6) is 0.943. The standard InChI is InChI=1S/C51H30N2/c1-2-14-36(15-3-1)53-46-22-7-6-21-45(46)52-51(53)43-28-27-37(38-16-4-5-17-39(38)43)35-29-34-26-25-33-12-9-19-41-40-18-8-11-31-23-24-32-13-10-20-42(49(32)47(31)40)44(30-35)50(34)48(33)41/h1-30H. The third-order valence-electron chi connectivity index (χ3n) is 11.5. The summed E-state index contributed by atoms with van der Waals surface area (Å²) < 4.78 is 2.30. The van der Waals surface area contributed by atoms with Gasteiger partial charge in [-0.3, -0.25) is 4.57 Å². The largest absolute Gasteiger partial charge is 0.292 e. The van der Waals surface area contributed by atoms with Gasteiger partial charge in [0.2, 0.25) is 0 Å². The number of hydrogen-bond donors (Lipinski definition) is 0. The van der Waals surface area contributed by atoms with Crippen LogP contribution >= 0.6 is 0 Å². The summed E-state index contributed by atoms with van der Waals surface area (Å²) in [6.07, 6.45) is 0. The molecule has 0 radical (unpaired) electrons. The molecule has 0 unspecified atom stereocenters. The molecule has 0 spiro atoms. The highest BCUT2D eigenvalue weighted by Gasteiger charge is 2.20. The molecule has 0 atom stereocenters. The maximum absolute atomic E-state index is 5.26. The van der Waals surface area contributed by atoms with E-state index in [1.165, 1.54) is 86.5 Å². The average molecular weight is 671 g/mol. The quantitative estimate of drug-likeness (QED) is 0.171. The molecule has 0 saturated heterocycles. The minimum Gasteiger partial charge on any atom is -0.292 e. The van der Waals surface area contributed by atoms with Crippen molar-refractivity contribution in [1.29, 1.82) is 0 Å². The molecular weight excluding hydrogens is 641 g/mol. The highest BCUT2D eigenvalue weighted by atomic mass is 15.1. The smallest absolute Gasteiger partial charge is 0.146 e. The van der Waals surface area contributed by atoms with Gasteiger partial charge in [0.15, 0.2) is 0 Å². The molecule has 12 rings (SSSR count). The van der Waals surface area contributed by atoms with Gasteiger partial charge in [-0.1, -0.05) is 140 Å². The van der Waals surface area contributed by atoms with Crippen molar-refractivity contribution in [3.8, 4) is 28.2 Å². The molecule has 1 heterocycles. The molecule has 53 heavy (non-hydrogen) atoms. The van der Waals surface area contributed by atoms with Crippen LogP contribution in [-0.4, -0.2) is 9.55 Å². The average Bonchev–Trinajstić information content (AvgIpc) is 3.61. The fourth-order valence-electron chi connectivity index (χ4n) is 9.23. The second-order valence-electron chi connectivity index (χ2n) is 14.3. The molecule has 12 aromatic rings. The van der Waals surface area contributed by atoms with Gasteiger partial charge < -0.3 is 0 Å². The first-order valence-electron chi connectivity index (χ1n) is 18.3. The van der Waals surface area contributed by atoms with Crippen LogP contribution in [0.5, 0.6) is 0 Å². The summed E-state index contributed by atoms with van der Waals surface area (Å²) in [6.45, 7) is 0. The molecule has 0 bridgehead atoms. The van der Waals surface area contributed by atoms with Gasteiger partial charge in [0.1, 0.15) is 5.82 Å². The lowest BCUT2D eigenvalue weighted by Crippen LogP contribution is -1.98. The lowest BCUT2D eigenvalue weighted by molar-refractivity contribution is 1.11. The van der Waals surface area contributed by atoms with Crippen molar-refractivity contribution in [3.05, 3.63) is 182 Å². The van der Waals surface area contributed by atoms with Crippen molar-refractivity contribution in [3.63, 3.8) is 0 Å². The highest BCUT2D eigenvalue weighted by molar-refractivity contribution is 6.37. The fraction of sp³-hybridized carbons (Fsp3) is 0. The van der Waals surface area contributed by atoms with Gasteiger partial charge in [0.05, 0.1) is 11.0 Å². The Kier molecular flexibility index (Phi) is 5.80. The van der Waals surface area contributed by atoms with Crippen LogP contribution < -0.4 is 0 Å². The third kappa shape index (κ3) is 4.01. The number of imidazole rings is 1. The van der Waals surface area contributed by atoms with E-state index in [1.54, 1.807) is 0 Å². The van der Waals surface area contributed by atoms with Crippen LogP contribution in [0.1, 0.15) is 0 Å². The second kappa shape index (κ2) is 10.7. The molecular formula is C51H30N2. The molecule has 0 saturated carbocycles. The fourth-order valence-corrected chi connectivity index (χ4v) is 9.23. The first kappa shape index (κ1) is 28.6. The van der Waals surface area contributed by atoms with Crippen molar-refractivity contribution in [2.45, 2.75) is 0 Å². The molecule has 0 amide bonds. The summed E-state index contributed by atoms with van der Waals surface area (Å²) in [7, 11) is 0. The van der Waals surface area contributed by atoms with Crippen LogP contribution in [0.25, 0.3) is 115 Å². The van der Waals surface area contributed by atoms with E-state index in [9.17, 15) is 0 Å². The number of hydrogen-bond acceptors (Lipinski definition) is 1. The van der Waals surface area contributed by atoms with Crippen molar-refractivity contribution in [1.82, 2.24) is 9.55 Å². The van der Waals surface area contributed by atoms with E-state index >= 15 is 0 Å². The molecule has 0 aliphatic heterocycles. The Balaban J connectivity index is 1.20. The Hall–Kier alpha value is -7.03. The zero-order valence-corrected chi connectivity index (χ0v) is 28.7. The van der Waals surface area contributed by atoms with Crippen LogP contribution in [0.3, 0.4) is 0 Å². The van der Waals surface area contributed by atoms with E-state index in [4.69, 9.17) is 4.98 Å². The predicted octanol–water partition coefficient (Wildman–Crippen LogP) is 13.9. The molecule has 0 N–H and O–H groups in total. The lowest BCUT2D eigenvalue weighted by atomic mass is 9.86. The summed E-state index contributed by atoms with van der Waals surface area (Å²) in [5.41, 5.74) is 6.72. The zero-order valence-electron chi connectivity index (χ0n) is 28.7.